The van der Waals surface area contributed by atoms with E-state index in [0.717, 1.165) is 11.3 Å². The molecule has 2 aromatic rings. The second-order valence-corrected chi connectivity index (χ2v) is 4.19. The van der Waals surface area contributed by atoms with E-state index < -0.39 is 0 Å². The molecule has 2 rings (SSSR count). The maximum absolute atomic E-state index is 11.9. The third-order valence-corrected chi connectivity index (χ3v) is 2.89. The van der Waals surface area contributed by atoms with Crippen LogP contribution >= 0.6 is 11.6 Å². The number of alkyl halides is 1. The molecule has 94 valence electrons. The lowest BCUT2D eigenvalue weighted by Crippen LogP contribution is -2.25. The van der Waals surface area contributed by atoms with Gasteiger partial charge in [0.05, 0.1) is 6.26 Å². The van der Waals surface area contributed by atoms with E-state index in [9.17, 15) is 4.79 Å². The zero-order chi connectivity index (χ0) is 12.8. The van der Waals surface area contributed by atoms with Crippen LogP contribution in [0.4, 0.5) is 0 Å². The van der Waals surface area contributed by atoms with E-state index in [-0.39, 0.29) is 5.91 Å². The van der Waals surface area contributed by atoms with Crippen molar-refractivity contribution in [1.29, 1.82) is 0 Å². The maximum Gasteiger partial charge on any atom is 0.251 e. The van der Waals surface area contributed by atoms with E-state index in [2.05, 4.69) is 5.32 Å². The number of carbonyl (C=O) groups excluding carboxylic acids is 1. The minimum atomic E-state index is -0.0893. The fraction of sp³-hybridized carbons (Fsp3) is 0.214. The van der Waals surface area contributed by atoms with Crippen LogP contribution in [0.25, 0.3) is 0 Å². The summed E-state index contributed by atoms with van der Waals surface area (Å²) in [7, 11) is 0. The van der Waals surface area contributed by atoms with Crippen LogP contribution in [0.15, 0.2) is 47.1 Å². The number of furan rings is 1. The van der Waals surface area contributed by atoms with Gasteiger partial charge in [0.25, 0.3) is 5.91 Å². The van der Waals surface area contributed by atoms with Crippen molar-refractivity contribution in [3.8, 4) is 0 Å². The van der Waals surface area contributed by atoms with Gasteiger partial charge in [0.2, 0.25) is 0 Å². The van der Waals surface area contributed by atoms with E-state index in [4.69, 9.17) is 16.0 Å². The molecule has 0 fully saturated rings. The van der Waals surface area contributed by atoms with Crippen LogP contribution < -0.4 is 5.32 Å². The van der Waals surface area contributed by atoms with Gasteiger partial charge >= 0.3 is 0 Å². The third-order valence-electron chi connectivity index (χ3n) is 2.58. The molecule has 0 spiro atoms. The zero-order valence-electron chi connectivity index (χ0n) is 9.86. The Kier molecular flexibility index (Phi) is 4.42. The molecule has 0 bridgehead atoms. The highest BCUT2D eigenvalue weighted by Crippen LogP contribution is 2.08. The monoisotopic (exact) mass is 263 g/mol. The van der Waals surface area contributed by atoms with Gasteiger partial charge in [0, 0.05) is 24.4 Å². The van der Waals surface area contributed by atoms with Gasteiger partial charge < -0.3 is 9.73 Å². The SMILES string of the molecule is O=C(NCCc1ccco1)c1cccc(CCl)c1. The molecule has 1 heterocycles. The lowest BCUT2D eigenvalue weighted by Gasteiger charge is -2.05. The van der Waals surface area contributed by atoms with Crippen LogP contribution in [-0.2, 0) is 12.3 Å². The molecule has 0 aliphatic carbocycles. The summed E-state index contributed by atoms with van der Waals surface area (Å²) in [6.45, 7) is 0.553. The molecule has 0 saturated heterocycles. The van der Waals surface area contributed by atoms with Gasteiger partial charge in [-0.1, -0.05) is 12.1 Å². The summed E-state index contributed by atoms with van der Waals surface area (Å²) in [5.41, 5.74) is 1.57. The Bertz CT molecular complexity index is 508. The lowest BCUT2D eigenvalue weighted by molar-refractivity contribution is 0.0953. The van der Waals surface area contributed by atoms with Crippen LogP contribution in [0.5, 0.6) is 0 Å². The quantitative estimate of drug-likeness (QED) is 0.843. The number of hydrogen-bond donors (Lipinski definition) is 1. The summed E-state index contributed by atoms with van der Waals surface area (Å²) >= 11 is 5.73. The first-order valence-electron chi connectivity index (χ1n) is 5.75. The summed E-state index contributed by atoms with van der Waals surface area (Å²) in [5, 5.41) is 2.85. The van der Waals surface area contributed by atoms with Gasteiger partial charge in [0.15, 0.2) is 0 Å². The first-order chi connectivity index (χ1) is 8.79. The van der Waals surface area contributed by atoms with Crippen molar-refractivity contribution in [2.24, 2.45) is 0 Å². The van der Waals surface area contributed by atoms with Crippen molar-refractivity contribution in [3.63, 3.8) is 0 Å². The lowest BCUT2D eigenvalue weighted by atomic mass is 10.1. The highest BCUT2D eigenvalue weighted by molar-refractivity contribution is 6.17. The topological polar surface area (TPSA) is 42.2 Å². The number of halogens is 1. The molecule has 18 heavy (non-hydrogen) atoms. The van der Waals surface area contributed by atoms with Gasteiger partial charge in [-0.3, -0.25) is 4.79 Å². The molecule has 0 aliphatic heterocycles. The van der Waals surface area contributed by atoms with Crippen LogP contribution in [-0.4, -0.2) is 12.5 Å². The molecule has 0 atom stereocenters. The number of nitrogens with one attached hydrogen (secondary N) is 1. The Labute approximate surface area is 111 Å². The highest BCUT2D eigenvalue weighted by atomic mass is 35.5. The average molecular weight is 264 g/mol. The maximum atomic E-state index is 11.9. The zero-order valence-corrected chi connectivity index (χ0v) is 10.6. The highest BCUT2D eigenvalue weighted by Gasteiger charge is 2.05. The smallest absolute Gasteiger partial charge is 0.251 e. The van der Waals surface area contributed by atoms with Crippen molar-refractivity contribution < 1.29 is 9.21 Å². The van der Waals surface area contributed by atoms with Crippen molar-refractivity contribution in [3.05, 3.63) is 59.5 Å². The Morgan fingerprint density at radius 2 is 2.17 bits per heavy atom. The van der Waals surface area contributed by atoms with Gasteiger partial charge in [-0.2, -0.15) is 0 Å². The predicted molar refractivity (Wildman–Crippen MR) is 70.7 cm³/mol. The molecule has 3 nitrogen and oxygen atoms in total. The largest absolute Gasteiger partial charge is 0.469 e. The summed E-state index contributed by atoms with van der Waals surface area (Å²) in [6, 6.07) is 11.0. The van der Waals surface area contributed by atoms with Crippen molar-refractivity contribution in [1.82, 2.24) is 5.32 Å². The standard InChI is InChI=1S/C14H14ClNO2/c15-10-11-3-1-4-12(9-11)14(17)16-7-6-13-5-2-8-18-13/h1-5,8-9H,6-7,10H2,(H,16,17). The number of amides is 1. The molecule has 1 amide bonds. The number of carbonyl (C=O) groups is 1. The van der Waals surface area contributed by atoms with E-state index in [1.807, 2.05) is 24.3 Å². The van der Waals surface area contributed by atoms with Crippen LogP contribution in [0, 0.1) is 0 Å². The van der Waals surface area contributed by atoms with Crippen molar-refractivity contribution >= 4 is 17.5 Å². The van der Waals surface area contributed by atoms with E-state index in [0.29, 0.717) is 24.4 Å². The van der Waals surface area contributed by atoms with Crippen LogP contribution in [0.2, 0.25) is 0 Å². The molecule has 0 radical (unpaired) electrons. The molecule has 4 heteroatoms. The fourth-order valence-electron chi connectivity index (χ4n) is 1.65. The summed E-state index contributed by atoms with van der Waals surface area (Å²) in [4.78, 5) is 11.9. The second-order valence-electron chi connectivity index (χ2n) is 3.92. The Morgan fingerprint density at radius 1 is 1.28 bits per heavy atom. The first-order valence-corrected chi connectivity index (χ1v) is 6.28. The number of rotatable bonds is 5. The van der Waals surface area contributed by atoms with Gasteiger partial charge in [0.1, 0.15) is 5.76 Å². The molecule has 1 N–H and O–H groups in total. The Morgan fingerprint density at radius 3 is 2.89 bits per heavy atom. The second kappa shape index (κ2) is 6.26. The van der Waals surface area contributed by atoms with E-state index in [1.165, 1.54) is 0 Å². The molecular weight excluding hydrogens is 250 g/mol. The van der Waals surface area contributed by atoms with Crippen LogP contribution in [0.1, 0.15) is 21.7 Å². The van der Waals surface area contributed by atoms with E-state index in [1.54, 1.807) is 18.4 Å². The molecule has 0 aliphatic rings. The Balaban J connectivity index is 1.87. The minimum absolute atomic E-state index is 0.0893. The van der Waals surface area contributed by atoms with Crippen molar-refractivity contribution in [2.75, 3.05) is 6.54 Å². The molecular formula is C14H14ClNO2. The minimum Gasteiger partial charge on any atom is -0.469 e. The average Bonchev–Trinajstić information content (AvgIpc) is 2.92. The first kappa shape index (κ1) is 12.7. The molecule has 1 aromatic heterocycles. The summed E-state index contributed by atoms with van der Waals surface area (Å²) in [6.07, 6.45) is 2.31. The Hall–Kier alpha value is -1.74. The predicted octanol–water partition coefficient (Wildman–Crippen LogP) is 2.99. The van der Waals surface area contributed by atoms with E-state index >= 15 is 0 Å². The summed E-state index contributed by atoms with van der Waals surface area (Å²) in [5.74, 6) is 1.19. The fourth-order valence-corrected chi connectivity index (χ4v) is 1.82. The third kappa shape index (κ3) is 3.37. The van der Waals surface area contributed by atoms with Crippen molar-refractivity contribution in [2.45, 2.75) is 12.3 Å². The normalized spacial score (nSPS) is 10.3. The number of hydrogen-bond acceptors (Lipinski definition) is 2. The van der Waals surface area contributed by atoms with Gasteiger partial charge in [-0.15, -0.1) is 11.6 Å². The van der Waals surface area contributed by atoms with Gasteiger partial charge in [-0.25, -0.2) is 0 Å². The molecule has 0 unspecified atom stereocenters. The van der Waals surface area contributed by atoms with Crippen LogP contribution in [0.3, 0.4) is 0 Å². The molecule has 1 aromatic carbocycles. The van der Waals surface area contributed by atoms with Gasteiger partial charge in [-0.05, 0) is 29.8 Å². The number of benzene rings is 1. The summed E-state index contributed by atoms with van der Waals surface area (Å²) < 4.78 is 5.19. The molecule has 0 saturated carbocycles.